The van der Waals surface area contributed by atoms with Gasteiger partial charge in [-0.2, -0.15) is 0 Å². The topological polar surface area (TPSA) is 55.9 Å². The van der Waals surface area contributed by atoms with Crippen molar-refractivity contribution in [1.29, 1.82) is 0 Å². The van der Waals surface area contributed by atoms with Crippen LogP contribution in [0, 0.1) is 0 Å². The van der Waals surface area contributed by atoms with E-state index in [9.17, 15) is 0 Å². The quantitative estimate of drug-likeness (QED) is 0.358. The van der Waals surface area contributed by atoms with E-state index >= 15 is 0 Å². The molecule has 6 heteroatoms. The molecule has 0 saturated carbocycles. The second-order valence-corrected chi connectivity index (χ2v) is 7.52. The number of benzene rings is 2. The van der Waals surface area contributed by atoms with Crippen LogP contribution >= 0.6 is 15.9 Å². The van der Waals surface area contributed by atoms with Crippen LogP contribution in [0.2, 0.25) is 0 Å². The Morgan fingerprint density at radius 1 is 0.931 bits per heavy atom. The van der Waals surface area contributed by atoms with Gasteiger partial charge in [-0.25, -0.2) is 9.97 Å². The zero-order chi connectivity index (χ0) is 19.6. The Balaban J connectivity index is 1.69. The molecule has 5 rings (SSSR count). The Labute approximate surface area is 176 Å². The molecular formula is C23H17BrN4O. The van der Waals surface area contributed by atoms with Crippen LogP contribution in [0.25, 0.3) is 27.8 Å². The van der Waals surface area contributed by atoms with Gasteiger partial charge in [0.25, 0.3) is 0 Å². The van der Waals surface area contributed by atoms with E-state index in [1.807, 2.05) is 42.5 Å². The van der Waals surface area contributed by atoms with Crippen LogP contribution in [0.4, 0.5) is 5.82 Å². The molecule has 0 unspecified atom stereocenters. The molecule has 2 aromatic carbocycles. The summed E-state index contributed by atoms with van der Waals surface area (Å²) in [5.41, 5.74) is 4.08. The van der Waals surface area contributed by atoms with Gasteiger partial charge in [0.15, 0.2) is 5.65 Å². The molecule has 0 aliphatic rings. The molecule has 0 radical (unpaired) electrons. The minimum atomic E-state index is 0.552. The van der Waals surface area contributed by atoms with Gasteiger partial charge in [0.1, 0.15) is 17.9 Å². The molecular weight excluding hydrogens is 428 g/mol. The number of nitrogens with one attached hydrogen (secondary N) is 1. The second kappa shape index (κ2) is 7.56. The van der Waals surface area contributed by atoms with Crippen molar-refractivity contribution >= 4 is 32.8 Å². The van der Waals surface area contributed by atoms with Crippen LogP contribution in [-0.4, -0.2) is 14.5 Å². The Morgan fingerprint density at radius 3 is 2.52 bits per heavy atom. The fraction of sp³-hybridized carbons (Fsp3) is 0.0435. The minimum Gasteiger partial charge on any atom is -0.467 e. The number of rotatable bonds is 5. The molecule has 0 atom stereocenters. The third kappa shape index (κ3) is 3.43. The number of hydrogen-bond donors (Lipinski definition) is 1. The molecule has 29 heavy (non-hydrogen) atoms. The summed E-state index contributed by atoms with van der Waals surface area (Å²) in [4.78, 5) is 9.14. The Hall–Kier alpha value is -3.38. The van der Waals surface area contributed by atoms with Crippen molar-refractivity contribution in [3.63, 3.8) is 0 Å². The summed E-state index contributed by atoms with van der Waals surface area (Å²) in [6.45, 7) is 0.552. The van der Waals surface area contributed by atoms with Crippen LogP contribution < -0.4 is 5.32 Å². The molecule has 0 saturated heterocycles. The van der Waals surface area contributed by atoms with Crippen LogP contribution in [0.1, 0.15) is 5.76 Å². The zero-order valence-corrected chi connectivity index (χ0v) is 17.0. The third-order valence-corrected chi connectivity index (χ3v) is 5.31. The number of fused-ring (bicyclic) bond motifs is 1. The molecule has 0 aliphatic carbocycles. The fourth-order valence-electron chi connectivity index (χ4n) is 3.41. The van der Waals surface area contributed by atoms with Crippen molar-refractivity contribution in [2.45, 2.75) is 6.54 Å². The molecule has 0 spiro atoms. The number of aromatic nitrogens is 3. The molecule has 0 bridgehead atoms. The predicted octanol–water partition coefficient (Wildman–Crippen LogP) is 6.06. The number of nitrogens with zero attached hydrogens (tertiary/aromatic N) is 3. The van der Waals surface area contributed by atoms with E-state index in [-0.39, 0.29) is 0 Å². The van der Waals surface area contributed by atoms with Gasteiger partial charge in [-0.05, 0) is 42.0 Å². The van der Waals surface area contributed by atoms with Crippen LogP contribution in [0.3, 0.4) is 0 Å². The van der Waals surface area contributed by atoms with E-state index in [2.05, 4.69) is 66.2 Å². The molecule has 3 heterocycles. The molecule has 0 aliphatic heterocycles. The molecule has 1 N–H and O–H groups in total. The first kappa shape index (κ1) is 17.7. The highest BCUT2D eigenvalue weighted by Gasteiger charge is 2.17. The van der Waals surface area contributed by atoms with E-state index in [4.69, 9.17) is 4.42 Å². The third-order valence-electron chi connectivity index (χ3n) is 4.78. The lowest BCUT2D eigenvalue weighted by Crippen LogP contribution is -2.02. The first-order chi connectivity index (χ1) is 14.3. The minimum absolute atomic E-state index is 0.552. The summed E-state index contributed by atoms with van der Waals surface area (Å²) in [6, 6.07) is 22.3. The summed E-state index contributed by atoms with van der Waals surface area (Å²) in [5.74, 6) is 1.63. The van der Waals surface area contributed by atoms with Crippen molar-refractivity contribution in [3.05, 3.63) is 95.8 Å². The van der Waals surface area contributed by atoms with Gasteiger partial charge in [0, 0.05) is 21.9 Å². The van der Waals surface area contributed by atoms with Gasteiger partial charge in [-0.15, -0.1) is 0 Å². The second-order valence-electron chi connectivity index (χ2n) is 6.61. The largest absolute Gasteiger partial charge is 0.467 e. The normalized spacial score (nSPS) is 11.1. The van der Waals surface area contributed by atoms with Crippen LogP contribution in [-0.2, 0) is 6.54 Å². The van der Waals surface area contributed by atoms with Crippen molar-refractivity contribution in [2.75, 3.05) is 5.32 Å². The lowest BCUT2D eigenvalue weighted by atomic mass is 10.1. The SMILES string of the molecule is Brc1ccc(-n2cc(-c3ccccc3)c3c(NCc4ccco4)ncnc32)cc1. The zero-order valence-electron chi connectivity index (χ0n) is 15.4. The summed E-state index contributed by atoms with van der Waals surface area (Å²) in [7, 11) is 0. The van der Waals surface area contributed by atoms with E-state index < -0.39 is 0 Å². The Morgan fingerprint density at radius 2 is 1.76 bits per heavy atom. The standard InChI is InChI=1S/C23H17BrN4O/c24-17-8-10-18(11-9-17)28-14-20(16-5-2-1-3-6-16)21-22(26-15-27-23(21)28)25-13-19-7-4-12-29-19/h1-12,14-15H,13H2,(H,25,26,27). The first-order valence-corrected chi connectivity index (χ1v) is 10.0. The highest BCUT2D eigenvalue weighted by molar-refractivity contribution is 9.10. The lowest BCUT2D eigenvalue weighted by Gasteiger charge is -2.08. The number of halogens is 1. The molecule has 0 fully saturated rings. The number of anilines is 1. The first-order valence-electron chi connectivity index (χ1n) is 9.23. The molecule has 0 amide bonds. The highest BCUT2D eigenvalue weighted by Crippen LogP contribution is 2.35. The Bertz CT molecular complexity index is 1250. The number of furan rings is 1. The maximum atomic E-state index is 5.45. The van der Waals surface area contributed by atoms with Gasteiger partial charge >= 0.3 is 0 Å². The average molecular weight is 445 g/mol. The summed E-state index contributed by atoms with van der Waals surface area (Å²) in [6.07, 6.45) is 5.39. The van der Waals surface area contributed by atoms with Gasteiger partial charge < -0.3 is 14.3 Å². The summed E-state index contributed by atoms with van der Waals surface area (Å²) >= 11 is 3.51. The highest BCUT2D eigenvalue weighted by atomic mass is 79.9. The fourth-order valence-corrected chi connectivity index (χ4v) is 3.68. The molecule has 5 aromatic rings. The van der Waals surface area contributed by atoms with E-state index in [1.165, 1.54) is 0 Å². The maximum Gasteiger partial charge on any atom is 0.150 e. The lowest BCUT2D eigenvalue weighted by molar-refractivity contribution is 0.518. The summed E-state index contributed by atoms with van der Waals surface area (Å²) < 4.78 is 8.59. The van der Waals surface area contributed by atoms with E-state index in [0.29, 0.717) is 6.54 Å². The van der Waals surface area contributed by atoms with Crippen molar-refractivity contribution in [1.82, 2.24) is 14.5 Å². The van der Waals surface area contributed by atoms with Crippen LogP contribution in [0.15, 0.2) is 94.4 Å². The monoisotopic (exact) mass is 444 g/mol. The van der Waals surface area contributed by atoms with Gasteiger partial charge in [0.2, 0.25) is 0 Å². The van der Waals surface area contributed by atoms with Gasteiger partial charge in [-0.1, -0.05) is 46.3 Å². The van der Waals surface area contributed by atoms with Crippen molar-refractivity contribution < 1.29 is 4.42 Å². The van der Waals surface area contributed by atoms with Crippen molar-refractivity contribution in [2.24, 2.45) is 0 Å². The molecule has 5 nitrogen and oxygen atoms in total. The van der Waals surface area contributed by atoms with E-state index in [1.54, 1.807) is 12.6 Å². The predicted molar refractivity (Wildman–Crippen MR) is 118 cm³/mol. The smallest absolute Gasteiger partial charge is 0.150 e. The Kier molecular flexibility index (Phi) is 4.62. The average Bonchev–Trinajstić information content (AvgIpc) is 3.42. The van der Waals surface area contributed by atoms with Crippen molar-refractivity contribution in [3.8, 4) is 16.8 Å². The summed E-state index contributed by atoms with van der Waals surface area (Å²) in [5, 5.41) is 4.39. The van der Waals surface area contributed by atoms with Gasteiger partial charge in [0.05, 0.1) is 18.2 Å². The number of hydrogen-bond acceptors (Lipinski definition) is 4. The van der Waals surface area contributed by atoms with Gasteiger partial charge in [-0.3, -0.25) is 0 Å². The van der Waals surface area contributed by atoms with E-state index in [0.717, 1.165) is 43.9 Å². The maximum absolute atomic E-state index is 5.45. The molecule has 3 aromatic heterocycles. The molecule has 142 valence electrons. The van der Waals surface area contributed by atoms with Crippen LogP contribution in [0.5, 0.6) is 0 Å².